The van der Waals surface area contributed by atoms with Gasteiger partial charge in [0.1, 0.15) is 0 Å². The molecule has 1 aromatic rings. The van der Waals surface area contributed by atoms with Crippen LogP contribution in [-0.4, -0.2) is 35.0 Å². The van der Waals surface area contributed by atoms with Gasteiger partial charge in [0.2, 0.25) is 0 Å². The minimum Gasteiger partial charge on any atom is -0.481 e. The first-order chi connectivity index (χ1) is 9.89. The fourth-order valence-corrected chi connectivity index (χ4v) is 3.52. The van der Waals surface area contributed by atoms with Crippen molar-refractivity contribution in [3.63, 3.8) is 0 Å². The molecule has 4 nitrogen and oxygen atoms in total. The van der Waals surface area contributed by atoms with Gasteiger partial charge in [0.05, 0.1) is 5.41 Å². The number of halogens is 1. The van der Waals surface area contributed by atoms with E-state index >= 15 is 0 Å². The number of aliphatic carboxylic acids is 1. The lowest BCUT2D eigenvalue weighted by Crippen LogP contribution is -2.37. The summed E-state index contributed by atoms with van der Waals surface area (Å²) < 4.78 is 0.934. The lowest BCUT2D eigenvalue weighted by molar-refractivity contribution is -0.148. The maximum Gasteiger partial charge on any atom is 0.311 e. The Morgan fingerprint density at radius 3 is 2.71 bits per heavy atom. The number of rotatable bonds is 4. The molecular weight excluding hydrogens is 334 g/mol. The number of likely N-dealkylation sites (tertiary alicyclic amines) is 1. The lowest BCUT2D eigenvalue weighted by Gasteiger charge is -2.24. The van der Waals surface area contributed by atoms with E-state index in [0.717, 1.165) is 16.5 Å². The molecule has 1 aromatic carbocycles. The van der Waals surface area contributed by atoms with Crippen LogP contribution < -0.4 is 0 Å². The van der Waals surface area contributed by atoms with Crippen LogP contribution in [0.4, 0.5) is 0 Å². The fourth-order valence-electron chi connectivity index (χ4n) is 3.05. The second kappa shape index (κ2) is 6.18. The number of carboxylic acid groups (broad SMARTS) is 1. The van der Waals surface area contributed by atoms with Gasteiger partial charge in [0, 0.05) is 23.1 Å². The number of hydrogen-bond acceptors (Lipinski definition) is 2. The third-order valence-electron chi connectivity index (χ3n) is 4.24. The Hall–Kier alpha value is -1.36. The summed E-state index contributed by atoms with van der Waals surface area (Å²) >= 11 is 3.38. The standard InChI is InChI=1S/C16H20BrNO3/c1-3-6-16(15(20)21)7-8-18(10-16)14(19)13-5-4-12(17)9-11(13)2/h4-5,9H,3,6-8,10H2,1-2H3,(H,20,21). The predicted molar refractivity (Wildman–Crippen MR) is 84.4 cm³/mol. The van der Waals surface area contributed by atoms with E-state index in [9.17, 15) is 14.7 Å². The molecule has 1 unspecified atom stereocenters. The average molecular weight is 354 g/mol. The molecule has 1 N–H and O–H groups in total. The largest absolute Gasteiger partial charge is 0.481 e. The summed E-state index contributed by atoms with van der Waals surface area (Å²) in [6.07, 6.45) is 1.97. The molecule has 1 amide bonds. The normalized spacial score (nSPS) is 21.6. The van der Waals surface area contributed by atoms with Gasteiger partial charge >= 0.3 is 5.97 Å². The fraction of sp³-hybridized carbons (Fsp3) is 0.500. The highest BCUT2D eigenvalue weighted by Gasteiger charge is 2.45. The van der Waals surface area contributed by atoms with Gasteiger partial charge < -0.3 is 10.0 Å². The van der Waals surface area contributed by atoms with Crippen molar-refractivity contribution in [2.75, 3.05) is 13.1 Å². The lowest BCUT2D eigenvalue weighted by atomic mass is 9.83. The maximum atomic E-state index is 12.6. The highest BCUT2D eigenvalue weighted by atomic mass is 79.9. The topological polar surface area (TPSA) is 57.6 Å². The monoisotopic (exact) mass is 353 g/mol. The molecule has 1 heterocycles. The number of carbonyl (C=O) groups is 2. The SMILES string of the molecule is CCCC1(C(=O)O)CCN(C(=O)c2ccc(Br)cc2C)C1. The number of aryl methyl sites for hydroxylation is 1. The highest BCUT2D eigenvalue weighted by molar-refractivity contribution is 9.10. The van der Waals surface area contributed by atoms with E-state index in [-0.39, 0.29) is 5.91 Å². The van der Waals surface area contributed by atoms with Gasteiger partial charge in [-0.2, -0.15) is 0 Å². The summed E-state index contributed by atoms with van der Waals surface area (Å²) in [5.41, 5.74) is 0.779. The molecular formula is C16H20BrNO3. The summed E-state index contributed by atoms with van der Waals surface area (Å²) in [4.78, 5) is 25.9. The second-order valence-electron chi connectivity index (χ2n) is 5.77. The van der Waals surface area contributed by atoms with Gasteiger partial charge in [0.15, 0.2) is 0 Å². The molecule has 0 spiro atoms. The van der Waals surface area contributed by atoms with Crippen molar-refractivity contribution in [2.45, 2.75) is 33.1 Å². The molecule has 1 saturated heterocycles. The summed E-state index contributed by atoms with van der Waals surface area (Å²) in [7, 11) is 0. The summed E-state index contributed by atoms with van der Waals surface area (Å²) in [6, 6.07) is 5.54. The summed E-state index contributed by atoms with van der Waals surface area (Å²) in [5, 5.41) is 9.51. The zero-order valence-corrected chi connectivity index (χ0v) is 13.9. The van der Waals surface area contributed by atoms with E-state index in [2.05, 4.69) is 15.9 Å². The van der Waals surface area contributed by atoms with Crippen LogP contribution in [0.3, 0.4) is 0 Å². The molecule has 1 aliphatic rings. The van der Waals surface area contributed by atoms with Crippen molar-refractivity contribution in [2.24, 2.45) is 5.41 Å². The van der Waals surface area contributed by atoms with E-state index in [1.165, 1.54) is 0 Å². The van der Waals surface area contributed by atoms with Crippen LogP contribution in [-0.2, 0) is 4.79 Å². The number of carboxylic acids is 1. The Morgan fingerprint density at radius 1 is 1.43 bits per heavy atom. The molecule has 1 fully saturated rings. The summed E-state index contributed by atoms with van der Waals surface area (Å²) in [6.45, 7) is 4.70. The van der Waals surface area contributed by atoms with Crippen LogP contribution in [0.1, 0.15) is 42.1 Å². The minimum absolute atomic E-state index is 0.0702. The number of carbonyl (C=O) groups excluding carboxylic acids is 1. The van der Waals surface area contributed by atoms with E-state index in [1.54, 1.807) is 11.0 Å². The Labute approximate surface area is 133 Å². The number of benzene rings is 1. The number of hydrogen-bond donors (Lipinski definition) is 1. The highest BCUT2D eigenvalue weighted by Crippen LogP contribution is 2.36. The zero-order chi connectivity index (χ0) is 15.6. The molecule has 0 radical (unpaired) electrons. The Balaban J connectivity index is 2.20. The van der Waals surface area contributed by atoms with E-state index < -0.39 is 11.4 Å². The molecule has 21 heavy (non-hydrogen) atoms. The van der Waals surface area contributed by atoms with Crippen LogP contribution in [0.5, 0.6) is 0 Å². The Morgan fingerprint density at radius 2 is 2.14 bits per heavy atom. The maximum absolute atomic E-state index is 12.6. The molecule has 0 aromatic heterocycles. The zero-order valence-electron chi connectivity index (χ0n) is 12.4. The Bertz CT molecular complexity index is 573. The van der Waals surface area contributed by atoms with Crippen LogP contribution in [0.25, 0.3) is 0 Å². The van der Waals surface area contributed by atoms with E-state index in [1.807, 2.05) is 26.0 Å². The van der Waals surface area contributed by atoms with Gasteiger partial charge in [-0.3, -0.25) is 9.59 Å². The second-order valence-corrected chi connectivity index (χ2v) is 6.69. The molecule has 5 heteroatoms. The molecule has 0 saturated carbocycles. The van der Waals surface area contributed by atoms with Gasteiger partial charge in [-0.05, 0) is 43.5 Å². The molecule has 1 atom stereocenters. The van der Waals surface area contributed by atoms with Crippen molar-refractivity contribution >= 4 is 27.8 Å². The van der Waals surface area contributed by atoms with Crippen molar-refractivity contribution < 1.29 is 14.7 Å². The van der Waals surface area contributed by atoms with Crippen molar-refractivity contribution in [3.8, 4) is 0 Å². The van der Waals surface area contributed by atoms with E-state index in [0.29, 0.717) is 31.5 Å². The molecule has 114 valence electrons. The van der Waals surface area contributed by atoms with Crippen LogP contribution in [0.2, 0.25) is 0 Å². The van der Waals surface area contributed by atoms with Crippen molar-refractivity contribution in [3.05, 3.63) is 33.8 Å². The summed E-state index contributed by atoms with van der Waals surface area (Å²) in [5.74, 6) is -0.855. The smallest absolute Gasteiger partial charge is 0.311 e. The van der Waals surface area contributed by atoms with Gasteiger partial charge in [-0.25, -0.2) is 0 Å². The number of amides is 1. The third kappa shape index (κ3) is 3.12. The third-order valence-corrected chi connectivity index (χ3v) is 4.74. The molecule has 0 aliphatic carbocycles. The van der Waals surface area contributed by atoms with Crippen molar-refractivity contribution in [1.82, 2.24) is 4.90 Å². The van der Waals surface area contributed by atoms with Crippen LogP contribution in [0.15, 0.2) is 22.7 Å². The molecule has 1 aliphatic heterocycles. The van der Waals surface area contributed by atoms with Gasteiger partial charge in [-0.1, -0.05) is 29.3 Å². The Kier molecular flexibility index (Phi) is 4.71. The molecule has 0 bridgehead atoms. The quantitative estimate of drug-likeness (QED) is 0.901. The minimum atomic E-state index is -0.785. The first-order valence-corrected chi connectivity index (χ1v) is 7.98. The average Bonchev–Trinajstić information content (AvgIpc) is 2.84. The van der Waals surface area contributed by atoms with Gasteiger partial charge in [-0.15, -0.1) is 0 Å². The predicted octanol–water partition coefficient (Wildman–Crippen LogP) is 3.47. The molecule has 2 rings (SSSR count). The first kappa shape index (κ1) is 16.0. The van der Waals surface area contributed by atoms with E-state index in [4.69, 9.17) is 0 Å². The van der Waals surface area contributed by atoms with Crippen LogP contribution in [0, 0.1) is 12.3 Å². The number of nitrogens with zero attached hydrogens (tertiary/aromatic N) is 1. The van der Waals surface area contributed by atoms with Crippen LogP contribution >= 0.6 is 15.9 Å². The van der Waals surface area contributed by atoms with Crippen molar-refractivity contribution in [1.29, 1.82) is 0 Å². The first-order valence-electron chi connectivity index (χ1n) is 7.18. The van der Waals surface area contributed by atoms with Gasteiger partial charge in [0.25, 0.3) is 5.91 Å².